The van der Waals surface area contributed by atoms with Crippen molar-refractivity contribution in [2.75, 3.05) is 126 Å². The van der Waals surface area contributed by atoms with Gasteiger partial charge in [0.1, 0.15) is 115 Å². The predicted molar refractivity (Wildman–Crippen MR) is 453 cm³/mol. The van der Waals surface area contributed by atoms with Crippen LogP contribution in [0.5, 0.6) is 0 Å². The summed E-state index contributed by atoms with van der Waals surface area (Å²) in [7, 11) is 0. The van der Waals surface area contributed by atoms with Crippen LogP contribution in [0.1, 0.15) is 291 Å². The van der Waals surface area contributed by atoms with Crippen LogP contribution in [0.15, 0.2) is 0 Å². The molecule has 10 unspecified atom stereocenters. The van der Waals surface area contributed by atoms with Crippen LogP contribution in [0.4, 0.5) is 0 Å². The maximum atomic E-state index is 13.8. The Kier molecular flexibility index (Phi) is 59.7. The number of hydrogen-bond donors (Lipinski definition) is 1. The molecule has 0 aromatic carbocycles. The highest BCUT2D eigenvalue weighted by Gasteiger charge is 2.60. The number of rotatable bonds is 71. The lowest BCUT2D eigenvalue weighted by atomic mass is 9.95. The van der Waals surface area contributed by atoms with Crippen LogP contribution in [0.3, 0.4) is 0 Å². The summed E-state index contributed by atoms with van der Waals surface area (Å²) in [6.07, 6.45) is -0.865. The summed E-state index contributed by atoms with van der Waals surface area (Å²) in [5, 5.41) is 0. The van der Waals surface area contributed by atoms with Crippen molar-refractivity contribution in [2.24, 2.45) is 0 Å². The number of esters is 2. The summed E-state index contributed by atoms with van der Waals surface area (Å²) in [4.78, 5) is 27.6. The molecule has 696 valence electrons. The highest BCUT2D eigenvalue weighted by molar-refractivity contribution is 7.80. The normalized spacial score (nSPS) is 31.4. The van der Waals surface area contributed by atoms with Crippen LogP contribution in [0.2, 0.25) is 0 Å². The molecule has 5 aliphatic heterocycles. The van der Waals surface area contributed by atoms with Gasteiger partial charge in [0.15, 0.2) is 37.4 Å². The zero-order chi connectivity index (χ0) is 85.5. The molecule has 5 heterocycles. The number of ether oxygens (including phenoxy) is 25. The highest BCUT2D eigenvalue weighted by Crippen LogP contribution is 2.42. The molecular weight excluding hydrogens is 1550 g/mol. The maximum Gasteiger partial charge on any atom is 0.303 e. The van der Waals surface area contributed by atoms with E-state index in [0.717, 1.165) is 154 Å². The number of carbonyl (C=O) groups is 2. The zero-order valence-corrected chi connectivity index (χ0v) is 77.0. The Morgan fingerprint density at radius 1 is 0.220 bits per heavy atom. The molecule has 0 aromatic heterocycles. The molecule has 0 bridgehead atoms. The van der Waals surface area contributed by atoms with E-state index in [1.165, 1.54) is 13.8 Å². The number of thiol groups is 1. The van der Waals surface area contributed by atoms with Gasteiger partial charge in [-0.3, -0.25) is 9.59 Å². The first kappa shape index (κ1) is 107. The predicted octanol–water partition coefficient (Wildman–Crippen LogP) is 15.7. The quantitative estimate of drug-likeness (QED) is 0.0337. The Hall–Kier alpha value is -1.63. The van der Waals surface area contributed by atoms with E-state index < -0.39 is 165 Å². The van der Waals surface area contributed by atoms with E-state index >= 15 is 0 Å². The SMILES string of the molecule is CCCCOCC1O[C@H](O[C@@H]2C(OCCCC)[C@H](OCCCC)C(COCCCC)O[C@@H]2OCC2O[C@H](S)[C@H](OCCCC)C(O[C@H]3O[C@@H](COCCCC)[C@@H](OCCCC)C(OCCCC)C3O[C@H]3O[C@@H](COCCCC)[C@@H](OCCCC)C(OCCCC)C3OC(C)=O)[C@@H]2OCCCC)[C@H](OC(C)=O)C(OCCCC)[C@@H]1OCCCC. The van der Waals surface area contributed by atoms with Crippen molar-refractivity contribution in [1.82, 2.24) is 0 Å². The van der Waals surface area contributed by atoms with Crippen molar-refractivity contribution in [3.8, 4) is 0 Å². The molecule has 0 saturated carbocycles. The Morgan fingerprint density at radius 3 is 0.695 bits per heavy atom. The molecule has 0 aromatic rings. The van der Waals surface area contributed by atoms with Crippen molar-refractivity contribution in [3.63, 3.8) is 0 Å². The topological polar surface area (TPSA) is 265 Å². The summed E-state index contributed by atoms with van der Waals surface area (Å²) in [5.74, 6) is -1.14. The lowest BCUT2D eigenvalue weighted by molar-refractivity contribution is -0.393. The van der Waals surface area contributed by atoms with Crippen LogP contribution in [0, 0.1) is 0 Å². The first-order valence-electron chi connectivity index (χ1n) is 47.0. The number of hydrogen-bond acceptors (Lipinski definition) is 28. The molecule has 0 amide bonds. The molecule has 5 rings (SSSR count). The van der Waals surface area contributed by atoms with E-state index in [1.54, 1.807) is 0 Å². The summed E-state index contributed by atoms with van der Waals surface area (Å²) in [6, 6.07) is 0. The van der Waals surface area contributed by atoms with Gasteiger partial charge in [-0.1, -0.05) is 187 Å². The van der Waals surface area contributed by atoms with Crippen molar-refractivity contribution in [3.05, 3.63) is 0 Å². The van der Waals surface area contributed by atoms with Crippen molar-refractivity contribution in [2.45, 2.75) is 443 Å². The molecular formula is C90H168O27S. The lowest BCUT2D eigenvalue weighted by Crippen LogP contribution is -2.68. The van der Waals surface area contributed by atoms with Crippen LogP contribution in [-0.4, -0.2) is 290 Å². The lowest BCUT2D eigenvalue weighted by Gasteiger charge is -2.52. The molecule has 5 aliphatic rings. The van der Waals surface area contributed by atoms with E-state index in [9.17, 15) is 9.59 Å². The smallest absolute Gasteiger partial charge is 0.303 e. The minimum Gasteiger partial charge on any atom is -0.454 e. The summed E-state index contributed by atoms with van der Waals surface area (Å²) in [6.45, 7) is 38.1. The van der Waals surface area contributed by atoms with E-state index in [2.05, 4.69) is 96.9 Å². The van der Waals surface area contributed by atoms with Gasteiger partial charge in [0.05, 0.1) is 33.0 Å². The minimum atomic E-state index is -1.36. The van der Waals surface area contributed by atoms with Gasteiger partial charge < -0.3 is 118 Å². The van der Waals surface area contributed by atoms with Gasteiger partial charge in [-0.25, -0.2) is 0 Å². The van der Waals surface area contributed by atoms with E-state index in [4.69, 9.17) is 131 Å². The van der Waals surface area contributed by atoms with Gasteiger partial charge in [0, 0.05) is 106 Å². The Labute approximate surface area is 718 Å². The fourth-order valence-electron chi connectivity index (χ4n) is 14.6. The van der Waals surface area contributed by atoms with Crippen molar-refractivity contribution < 1.29 is 128 Å². The largest absolute Gasteiger partial charge is 0.454 e. The molecule has 0 aliphatic carbocycles. The molecule has 28 heteroatoms. The van der Waals surface area contributed by atoms with Crippen molar-refractivity contribution >= 4 is 24.6 Å². The Morgan fingerprint density at radius 2 is 0.424 bits per heavy atom. The molecule has 0 N–H and O–H groups in total. The number of carbonyl (C=O) groups excluding carboxylic acids is 2. The van der Waals surface area contributed by atoms with Crippen LogP contribution < -0.4 is 0 Å². The first-order valence-corrected chi connectivity index (χ1v) is 47.5. The molecule has 5 saturated heterocycles. The third-order valence-corrected chi connectivity index (χ3v) is 22.1. The highest BCUT2D eigenvalue weighted by atomic mass is 32.1. The Balaban J connectivity index is 1.82. The zero-order valence-electron chi connectivity index (χ0n) is 76.1. The summed E-state index contributed by atoms with van der Waals surface area (Å²) < 4.78 is 176. The molecule has 5 fully saturated rings. The molecule has 118 heavy (non-hydrogen) atoms. The standard InChI is InChI=1S/C90H168O27S/c1-17-31-45-93-59-66-71(97-49-35-21-5)76(102-54-40-26-10)81(116-87-82(108-64(15)91)77(103-55-41-27-11)72(98-50-36-22-6)67(111-87)60-94-46-32-18-2)86(110-66)107-63-70-75(101-53-39-25-9)80(85(90(118)114-70)106-58-44-30-14)115-89-84(79(105-57-43-29-13)74(100-52-38-24-8)69(113-89)62-96-48-34-20-4)117-88-83(109-65(16)92)78(104-56-42-28-12)73(99-51-37-23-7)68(112-88)61-95-47-33-19-3/h66-90,118H,17-63H2,1-16H3/t66?,67?,68-,69-,70?,71+,72+,73+,74+,75+,76?,77?,78?,79?,80?,81+,82+,83?,84?,85+,86-,87+,88+,89+,90+/m0/s1. The van der Waals surface area contributed by atoms with Crippen molar-refractivity contribution in [1.29, 1.82) is 0 Å². The maximum absolute atomic E-state index is 13.8. The first-order chi connectivity index (χ1) is 57.6. The summed E-state index contributed by atoms with van der Waals surface area (Å²) >= 11 is 5.35. The second kappa shape index (κ2) is 65.9. The van der Waals surface area contributed by atoms with E-state index in [-0.39, 0.29) is 39.6 Å². The third-order valence-electron chi connectivity index (χ3n) is 21.7. The number of unbranched alkanes of at least 4 members (excludes halogenated alkanes) is 14. The minimum absolute atomic E-state index is 0.115. The average Bonchev–Trinajstić information content (AvgIpc) is 0.764. The van der Waals surface area contributed by atoms with Crippen LogP contribution in [-0.2, 0) is 128 Å². The van der Waals surface area contributed by atoms with Crippen LogP contribution >= 0.6 is 12.6 Å². The van der Waals surface area contributed by atoms with Gasteiger partial charge >= 0.3 is 11.9 Å². The monoisotopic (exact) mass is 1710 g/mol. The van der Waals surface area contributed by atoms with Gasteiger partial charge in [-0.2, -0.15) is 0 Å². The molecule has 27 nitrogen and oxygen atoms in total. The Bertz CT molecular complexity index is 2420. The van der Waals surface area contributed by atoms with Gasteiger partial charge in [-0.15, -0.1) is 12.6 Å². The van der Waals surface area contributed by atoms with Gasteiger partial charge in [-0.05, 0) is 89.9 Å². The molecule has 0 spiro atoms. The second-order valence-corrected chi connectivity index (χ2v) is 32.6. The average molecular weight is 1710 g/mol. The molecule has 25 atom stereocenters. The second-order valence-electron chi connectivity index (χ2n) is 32.1. The van der Waals surface area contributed by atoms with E-state index in [0.29, 0.717) is 112 Å². The fourth-order valence-corrected chi connectivity index (χ4v) is 15.1. The third kappa shape index (κ3) is 37.7. The van der Waals surface area contributed by atoms with Gasteiger partial charge in [0.25, 0.3) is 0 Å². The van der Waals surface area contributed by atoms with E-state index in [1.807, 2.05) is 0 Å². The fraction of sp³-hybridized carbons (Fsp3) is 0.978. The van der Waals surface area contributed by atoms with Gasteiger partial charge in [0.2, 0.25) is 0 Å². The molecule has 0 radical (unpaired) electrons. The summed E-state index contributed by atoms with van der Waals surface area (Å²) in [5.41, 5.74) is -0.984. The van der Waals surface area contributed by atoms with Crippen LogP contribution in [0.25, 0.3) is 0 Å².